The lowest BCUT2D eigenvalue weighted by Gasteiger charge is -2.22. The summed E-state index contributed by atoms with van der Waals surface area (Å²) in [5.41, 5.74) is 1.09. The van der Waals surface area contributed by atoms with E-state index in [0.717, 1.165) is 5.56 Å². The van der Waals surface area contributed by atoms with Crippen molar-refractivity contribution >= 4 is 12.0 Å². The molecular formula is C16H19NO3. The van der Waals surface area contributed by atoms with Gasteiger partial charge in [-0.3, -0.25) is 4.79 Å². The average Bonchev–Trinajstić information content (AvgIpc) is 2.80. The SMILES string of the molecule is C=CCC(C)C(=O)N1C(=O)OCC1Cc1ccccc1. The minimum absolute atomic E-state index is 0.187. The molecule has 106 valence electrons. The molecular weight excluding hydrogens is 254 g/mol. The molecule has 1 aliphatic rings. The van der Waals surface area contributed by atoms with Crippen molar-refractivity contribution in [1.82, 2.24) is 4.90 Å². The zero-order valence-electron chi connectivity index (χ0n) is 11.6. The van der Waals surface area contributed by atoms with Crippen LogP contribution in [0.4, 0.5) is 4.79 Å². The van der Waals surface area contributed by atoms with Gasteiger partial charge in [-0.15, -0.1) is 6.58 Å². The number of rotatable bonds is 5. The molecule has 4 nitrogen and oxygen atoms in total. The van der Waals surface area contributed by atoms with Crippen LogP contribution < -0.4 is 0 Å². The zero-order valence-corrected chi connectivity index (χ0v) is 11.6. The maximum atomic E-state index is 12.3. The molecule has 1 aliphatic heterocycles. The summed E-state index contributed by atoms with van der Waals surface area (Å²) in [6, 6.07) is 9.58. The minimum Gasteiger partial charge on any atom is -0.447 e. The van der Waals surface area contributed by atoms with Crippen molar-refractivity contribution in [2.24, 2.45) is 5.92 Å². The van der Waals surface area contributed by atoms with Crippen LogP contribution >= 0.6 is 0 Å². The molecule has 0 aliphatic carbocycles. The first-order valence-electron chi connectivity index (χ1n) is 6.78. The van der Waals surface area contributed by atoms with Gasteiger partial charge in [-0.25, -0.2) is 9.69 Å². The average molecular weight is 273 g/mol. The van der Waals surface area contributed by atoms with Gasteiger partial charge in [-0.2, -0.15) is 0 Å². The van der Waals surface area contributed by atoms with E-state index in [4.69, 9.17) is 4.74 Å². The molecule has 20 heavy (non-hydrogen) atoms. The molecule has 1 aromatic rings. The van der Waals surface area contributed by atoms with E-state index in [1.807, 2.05) is 30.3 Å². The number of ether oxygens (including phenoxy) is 1. The van der Waals surface area contributed by atoms with E-state index in [9.17, 15) is 9.59 Å². The topological polar surface area (TPSA) is 46.6 Å². The number of benzene rings is 1. The first-order valence-corrected chi connectivity index (χ1v) is 6.78. The summed E-state index contributed by atoms with van der Waals surface area (Å²) in [7, 11) is 0. The molecule has 0 aromatic heterocycles. The summed E-state index contributed by atoms with van der Waals surface area (Å²) >= 11 is 0. The molecule has 0 N–H and O–H groups in total. The second-order valence-corrected chi connectivity index (χ2v) is 5.05. The third kappa shape index (κ3) is 3.07. The Morgan fingerprint density at radius 2 is 2.20 bits per heavy atom. The predicted molar refractivity (Wildman–Crippen MR) is 76.1 cm³/mol. The van der Waals surface area contributed by atoms with Crippen molar-refractivity contribution in [3.05, 3.63) is 48.6 Å². The summed E-state index contributed by atoms with van der Waals surface area (Å²) in [5.74, 6) is -0.440. The molecule has 0 saturated carbocycles. The third-order valence-corrected chi connectivity index (χ3v) is 3.45. The fraction of sp³-hybridized carbons (Fsp3) is 0.375. The van der Waals surface area contributed by atoms with Crippen molar-refractivity contribution in [2.45, 2.75) is 25.8 Å². The molecule has 1 saturated heterocycles. The number of amides is 2. The summed E-state index contributed by atoms with van der Waals surface area (Å²) in [6.45, 7) is 5.69. The van der Waals surface area contributed by atoms with Gasteiger partial charge in [-0.1, -0.05) is 43.3 Å². The molecule has 2 atom stereocenters. The van der Waals surface area contributed by atoms with Gasteiger partial charge in [0.05, 0.1) is 6.04 Å². The van der Waals surface area contributed by atoms with E-state index >= 15 is 0 Å². The second-order valence-electron chi connectivity index (χ2n) is 5.05. The highest BCUT2D eigenvalue weighted by Crippen LogP contribution is 2.21. The highest BCUT2D eigenvalue weighted by molar-refractivity contribution is 5.94. The molecule has 1 aromatic carbocycles. The predicted octanol–water partition coefficient (Wildman–Crippen LogP) is 2.79. The van der Waals surface area contributed by atoms with Crippen LogP contribution in [0.2, 0.25) is 0 Å². The van der Waals surface area contributed by atoms with E-state index < -0.39 is 6.09 Å². The Balaban J connectivity index is 2.10. The fourth-order valence-electron chi connectivity index (χ4n) is 2.36. The zero-order chi connectivity index (χ0) is 14.5. The van der Waals surface area contributed by atoms with E-state index in [2.05, 4.69) is 6.58 Å². The van der Waals surface area contributed by atoms with Gasteiger partial charge in [0, 0.05) is 5.92 Å². The normalized spacial score (nSPS) is 19.6. The van der Waals surface area contributed by atoms with Gasteiger partial charge in [-0.05, 0) is 18.4 Å². The quantitative estimate of drug-likeness (QED) is 0.775. The van der Waals surface area contributed by atoms with Crippen LogP contribution in [-0.4, -0.2) is 29.5 Å². The highest BCUT2D eigenvalue weighted by atomic mass is 16.6. The molecule has 0 spiro atoms. The van der Waals surface area contributed by atoms with E-state index in [1.165, 1.54) is 4.90 Å². The van der Waals surface area contributed by atoms with Gasteiger partial charge < -0.3 is 4.74 Å². The Morgan fingerprint density at radius 3 is 2.85 bits per heavy atom. The van der Waals surface area contributed by atoms with Crippen molar-refractivity contribution in [3.63, 3.8) is 0 Å². The van der Waals surface area contributed by atoms with Crippen LogP contribution in [0.25, 0.3) is 0 Å². The smallest absolute Gasteiger partial charge is 0.416 e. The number of imide groups is 1. The number of allylic oxidation sites excluding steroid dienone is 1. The van der Waals surface area contributed by atoms with Crippen molar-refractivity contribution < 1.29 is 14.3 Å². The Morgan fingerprint density at radius 1 is 1.50 bits per heavy atom. The van der Waals surface area contributed by atoms with Crippen LogP contribution in [0, 0.1) is 5.92 Å². The summed E-state index contributed by atoms with van der Waals surface area (Å²) in [5, 5.41) is 0. The first-order chi connectivity index (χ1) is 9.63. The molecule has 4 heteroatoms. The summed E-state index contributed by atoms with van der Waals surface area (Å²) in [6.07, 6.45) is 2.34. The molecule has 1 heterocycles. The van der Waals surface area contributed by atoms with Crippen LogP contribution in [0.15, 0.2) is 43.0 Å². The van der Waals surface area contributed by atoms with E-state index in [-0.39, 0.29) is 24.5 Å². The lowest BCUT2D eigenvalue weighted by atomic mass is 10.0. The van der Waals surface area contributed by atoms with Crippen molar-refractivity contribution in [2.75, 3.05) is 6.61 Å². The number of carbonyl (C=O) groups is 2. The van der Waals surface area contributed by atoms with E-state index in [0.29, 0.717) is 12.8 Å². The molecule has 2 amide bonds. The molecule has 0 radical (unpaired) electrons. The second kappa shape index (κ2) is 6.37. The Kier molecular flexibility index (Phi) is 4.56. The number of cyclic esters (lactones) is 1. The number of nitrogens with zero attached hydrogens (tertiary/aromatic N) is 1. The van der Waals surface area contributed by atoms with Crippen LogP contribution in [0.3, 0.4) is 0 Å². The van der Waals surface area contributed by atoms with Gasteiger partial charge in [0.1, 0.15) is 6.61 Å². The fourth-order valence-corrected chi connectivity index (χ4v) is 2.36. The molecule has 2 rings (SSSR count). The maximum Gasteiger partial charge on any atom is 0.416 e. The lowest BCUT2D eigenvalue weighted by molar-refractivity contribution is -0.132. The van der Waals surface area contributed by atoms with Crippen molar-refractivity contribution in [3.8, 4) is 0 Å². The Bertz CT molecular complexity index is 498. The molecule has 0 bridgehead atoms. The molecule has 1 fully saturated rings. The maximum absolute atomic E-state index is 12.3. The van der Waals surface area contributed by atoms with Crippen LogP contribution in [-0.2, 0) is 16.0 Å². The van der Waals surface area contributed by atoms with Crippen LogP contribution in [0.5, 0.6) is 0 Å². The Labute approximate surface area is 119 Å². The summed E-state index contributed by atoms with van der Waals surface area (Å²) < 4.78 is 5.04. The Hall–Kier alpha value is -2.10. The number of carbonyl (C=O) groups excluding carboxylic acids is 2. The van der Waals surface area contributed by atoms with Gasteiger partial charge in [0.2, 0.25) is 5.91 Å². The standard InChI is InChI=1S/C16H19NO3/c1-3-7-12(2)15(18)17-14(11-20-16(17)19)10-13-8-5-4-6-9-13/h3-6,8-9,12,14H,1,7,10-11H2,2H3. The van der Waals surface area contributed by atoms with Gasteiger partial charge >= 0.3 is 6.09 Å². The number of hydrogen-bond donors (Lipinski definition) is 0. The summed E-state index contributed by atoms with van der Waals surface area (Å²) in [4.78, 5) is 25.4. The highest BCUT2D eigenvalue weighted by Gasteiger charge is 2.39. The van der Waals surface area contributed by atoms with Crippen LogP contribution in [0.1, 0.15) is 18.9 Å². The number of hydrogen-bond acceptors (Lipinski definition) is 3. The first kappa shape index (κ1) is 14.3. The monoisotopic (exact) mass is 273 g/mol. The largest absolute Gasteiger partial charge is 0.447 e. The van der Waals surface area contributed by atoms with E-state index in [1.54, 1.807) is 13.0 Å². The lowest BCUT2D eigenvalue weighted by Crippen LogP contribution is -2.42. The van der Waals surface area contributed by atoms with Crippen molar-refractivity contribution in [1.29, 1.82) is 0 Å². The third-order valence-electron chi connectivity index (χ3n) is 3.45. The van der Waals surface area contributed by atoms with Gasteiger partial charge in [0.15, 0.2) is 0 Å². The van der Waals surface area contributed by atoms with Gasteiger partial charge in [0.25, 0.3) is 0 Å². The minimum atomic E-state index is -0.535. The molecule has 2 unspecified atom stereocenters.